The Hall–Kier alpha value is -2.07. The van der Waals surface area contributed by atoms with Crippen LogP contribution in [0.3, 0.4) is 0 Å². The number of aromatic nitrogens is 2. The highest BCUT2D eigenvalue weighted by Crippen LogP contribution is 2.18. The van der Waals surface area contributed by atoms with E-state index >= 15 is 0 Å². The number of unbranched alkanes of at least 4 members (excludes halogenated alkanes) is 1. The number of hydrogen-bond donors (Lipinski definition) is 2. The van der Waals surface area contributed by atoms with E-state index in [4.69, 9.17) is 11.0 Å². The first-order valence-electron chi connectivity index (χ1n) is 5.38. The first-order valence-corrected chi connectivity index (χ1v) is 7.03. The van der Waals surface area contributed by atoms with Crippen molar-refractivity contribution in [2.75, 3.05) is 11.5 Å². The largest absolute Gasteiger partial charge is 0.399 e. The molecule has 0 spiro atoms. The topological polar surface area (TPSA) is 113 Å². The summed E-state index contributed by atoms with van der Waals surface area (Å²) in [6.45, 7) is 0. The van der Waals surface area contributed by atoms with Gasteiger partial charge in [0.05, 0.1) is 22.9 Å². The summed E-state index contributed by atoms with van der Waals surface area (Å²) in [7, 11) is -3.47. The Morgan fingerprint density at radius 1 is 1.44 bits per heavy atom. The van der Waals surface area contributed by atoms with Gasteiger partial charge in [0, 0.05) is 12.1 Å². The normalized spacial score (nSPS) is 11.5. The molecule has 0 saturated heterocycles. The Morgan fingerprint density at radius 2 is 2.22 bits per heavy atom. The van der Waals surface area contributed by atoms with Gasteiger partial charge in [0.25, 0.3) is 0 Å². The van der Waals surface area contributed by atoms with Crippen molar-refractivity contribution in [1.82, 2.24) is 9.97 Å². The van der Waals surface area contributed by atoms with Crippen molar-refractivity contribution in [1.29, 1.82) is 5.26 Å². The van der Waals surface area contributed by atoms with Crippen LogP contribution in [-0.2, 0) is 9.84 Å². The molecule has 0 saturated carbocycles. The van der Waals surface area contributed by atoms with Gasteiger partial charge in [0.2, 0.25) is 15.0 Å². The maximum absolute atomic E-state index is 11.9. The van der Waals surface area contributed by atoms with E-state index < -0.39 is 9.84 Å². The quantitative estimate of drug-likeness (QED) is 0.636. The second-order valence-electron chi connectivity index (χ2n) is 3.90. The smallest absolute Gasteiger partial charge is 0.226 e. The molecule has 0 aliphatic carbocycles. The number of anilines is 1. The van der Waals surface area contributed by atoms with E-state index in [1.54, 1.807) is 18.2 Å². The minimum atomic E-state index is -3.47. The summed E-state index contributed by atoms with van der Waals surface area (Å²) in [4.78, 5) is 6.76. The average molecular weight is 264 g/mol. The van der Waals surface area contributed by atoms with Crippen molar-refractivity contribution in [3.05, 3.63) is 18.2 Å². The predicted molar refractivity (Wildman–Crippen MR) is 67.4 cm³/mol. The van der Waals surface area contributed by atoms with Crippen LogP contribution in [0.25, 0.3) is 11.0 Å². The third-order valence-corrected chi connectivity index (χ3v) is 4.09. The number of imidazole rings is 1. The molecule has 0 aliphatic rings. The number of nitrogen functional groups attached to an aromatic ring is 1. The molecule has 1 heterocycles. The van der Waals surface area contributed by atoms with Gasteiger partial charge in [0.15, 0.2) is 0 Å². The molecule has 0 aliphatic heterocycles. The van der Waals surface area contributed by atoms with Gasteiger partial charge in [0.1, 0.15) is 0 Å². The molecule has 0 radical (unpaired) electrons. The molecule has 0 atom stereocenters. The molecule has 94 valence electrons. The number of nitrogens with two attached hydrogens (primary N) is 1. The van der Waals surface area contributed by atoms with E-state index in [1.807, 2.05) is 6.07 Å². The zero-order valence-corrected chi connectivity index (χ0v) is 10.4. The summed E-state index contributed by atoms with van der Waals surface area (Å²) in [6, 6.07) is 6.87. The summed E-state index contributed by atoms with van der Waals surface area (Å²) in [5, 5.41) is 8.33. The zero-order chi connectivity index (χ0) is 13.2. The molecule has 7 heteroatoms. The molecule has 0 amide bonds. The number of sulfone groups is 1. The van der Waals surface area contributed by atoms with Gasteiger partial charge in [-0.2, -0.15) is 5.26 Å². The minimum absolute atomic E-state index is 0.0685. The Balaban J connectivity index is 2.33. The summed E-state index contributed by atoms with van der Waals surface area (Å²) < 4.78 is 23.9. The van der Waals surface area contributed by atoms with Crippen molar-refractivity contribution in [2.45, 2.75) is 18.0 Å². The van der Waals surface area contributed by atoms with E-state index in [-0.39, 0.29) is 17.3 Å². The van der Waals surface area contributed by atoms with Gasteiger partial charge >= 0.3 is 0 Å². The summed E-state index contributed by atoms with van der Waals surface area (Å²) in [6.07, 6.45) is 0.518. The highest BCUT2D eigenvalue weighted by Gasteiger charge is 2.18. The third-order valence-electron chi connectivity index (χ3n) is 2.48. The van der Waals surface area contributed by atoms with Gasteiger partial charge in [-0.05, 0) is 24.6 Å². The second kappa shape index (κ2) is 4.66. The summed E-state index contributed by atoms with van der Waals surface area (Å²) >= 11 is 0. The third kappa shape index (κ3) is 2.43. The number of H-pyrrole nitrogens is 1. The van der Waals surface area contributed by atoms with Crippen LogP contribution in [0.4, 0.5) is 5.69 Å². The van der Waals surface area contributed by atoms with Crippen LogP contribution >= 0.6 is 0 Å². The molecule has 18 heavy (non-hydrogen) atoms. The fourth-order valence-electron chi connectivity index (χ4n) is 1.59. The Labute approximate surface area is 104 Å². The molecule has 1 aromatic heterocycles. The van der Waals surface area contributed by atoms with Crippen LogP contribution in [0.1, 0.15) is 12.8 Å². The van der Waals surface area contributed by atoms with Crippen LogP contribution in [0.5, 0.6) is 0 Å². The summed E-state index contributed by atoms with van der Waals surface area (Å²) in [5.74, 6) is -0.0874. The number of hydrogen-bond acceptors (Lipinski definition) is 5. The number of nitrogens with zero attached hydrogens (tertiary/aromatic N) is 2. The van der Waals surface area contributed by atoms with Crippen molar-refractivity contribution < 1.29 is 8.42 Å². The molecule has 3 N–H and O–H groups in total. The number of benzene rings is 1. The number of fused-ring (bicyclic) bond motifs is 1. The van der Waals surface area contributed by atoms with Gasteiger partial charge < -0.3 is 10.7 Å². The van der Waals surface area contributed by atoms with Crippen molar-refractivity contribution in [3.63, 3.8) is 0 Å². The molecule has 2 aromatic rings. The van der Waals surface area contributed by atoms with E-state index in [2.05, 4.69) is 9.97 Å². The summed E-state index contributed by atoms with van der Waals surface area (Å²) in [5.41, 5.74) is 7.30. The maximum atomic E-state index is 11.9. The van der Waals surface area contributed by atoms with E-state index in [1.165, 1.54) is 0 Å². The Kier molecular flexibility index (Phi) is 3.21. The van der Waals surface area contributed by atoms with Gasteiger partial charge in [-0.1, -0.05) is 0 Å². The lowest BCUT2D eigenvalue weighted by atomic mass is 10.3. The molecule has 6 nitrogen and oxygen atoms in total. The molecule has 1 aromatic carbocycles. The SMILES string of the molecule is N#CCCCS(=O)(=O)c1nc2ccc(N)cc2[nH]1. The van der Waals surface area contributed by atoms with Crippen LogP contribution < -0.4 is 5.73 Å². The maximum Gasteiger partial charge on any atom is 0.226 e. The van der Waals surface area contributed by atoms with E-state index in [0.29, 0.717) is 23.1 Å². The lowest BCUT2D eigenvalue weighted by Crippen LogP contribution is -2.08. The highest BCUT2D eigenvalue weighted by atomic mass is 32.2. The number of nitriles is 1. The van der Waals surface area contributed by atoms with Crippen LogP contribution in [-0.4, -0.2) is 24.1 Å². The second-order valence-corrected chi connectivity index (χ2v) is 5.92. The fraction of sp³-hybridized carbons (Fsp3) is 0.273. The van der Waals surface area contributed by atoms with Crippen LogP contribution in [0.15, 0.2) is 23.4 Å². The predicted octanol–water partition coefficient (Wildman–Crippen LogP) is 1.22. The first-order chi connectivity index (χ1) is 8.53. The number of nitrogens with one attached hydrogen (secondary N) is 1. The van der Waals surface area contributed by atoms with Crippen molar-refractivity contribution >= 4 is 26.6 Å². The van der Waals surface area contributed by atoms with E-state index in [0.717, 1.165) is 0 Å². The molecule has 0 fully saturated rings. The monoisotopic (exact) mass is 264 g/mol. The van der Waals surface area contributed by atoms with Gasteiger partial charge in [-0.3, -0.25) is 0 Å². The Morgan fingerprint density at radius 3 is 2.94 bits per heavy atom. The fourth-order valence-corrected chi connectivity index (χ4v) is 2.81. The lowest BCUT2D eigenvalue weighted by Gasteiger charge is -1.97. The lowest BCUT2D eigenvalue weighted by molar-refractivity contribution is 0.587. The van der Waals surface area contributed by atoms with E-state index in [9.17, 15) is 8.42 Å². The van der Waals surface area contributed by atoms with Crippen molar-refractivity contribution in [2.24, 2.45) is 0 Å². The van der Waals surface area contributed by atoms with Gasteiger partial charge in [-0.15, -0.1) is 0 Å². The molecule has 0 bridgehead atoms. The standard InChI is InChI=1S/C11H12N4O2S/c12-5-1-2-6-18(16,17)11-14-9-4-3-8(13)7-10(9)15-11/h3-4,7H,1-2,6,13H2,(H,14,15). The average Bonchev–Trinajstić information content (AvgIpc) is 2.72. The zero-order valence-electron chi connectivity index (χ0n) is 9.55. The highest BCUT2D eigenvalue weighted by molar-refractivity contribution is 7.91. The molecular weight excluding hydrogens is 252 g/mol. The van der Waals surface area contributed by atoms with Crippen molar-refractivity contribution in [3.8, 4) is 6.07 Å². The number of rotatable bonds is 4. The Bertz CT molecular complexity index is 712. The van der Waals surface area contributed by atoms with Crippen LogP contribution in [0.2, 0.25) is 0 Å². The van der Waals surface area contributed by atoms with Gasteiger partial charge in [-0.25, -0.2) is 13.4 Å². The first kappa shape index (κ1) is 12.4. The molecular formula is C11H12N4O2S. The van der Waals surface area contributed by atoms with Crippen LogP contribution in [0, 0.1) is 11.3 Å². The molecule has 2 rings (SSSR count). The molecule has 0 unspecified atom stereocenters. The number of aromatic amines is 1. The minimum Gasteiger partial charge on any atom is -0.399 e.